The second-order valence-corrected chi connectivity index (χ2v) is 7.97. The van der Waals surface area contributed by atoms with E-state index in [1.54, 1.807) is 54.3 Å². The molecule has 1 heterocycles. The molecule has 3 aromatic rings. The Hall–Kier alpha value is -3.71. The molecule has 3 amide bonds. The molecule has 0 saturated heterocycles. The molecule has 1 aliphatic rings. The van der Waals surface area contributed by atoms with Gasteiger partial charge in [0.15, 0.2) is 6.10 Å². The summed E-state index contributed by atoms with van der Waals surface area (Å²) in [5, 5.41) is 6.12. The third-order valence-electron chi connectivity index (χ3n) is 5.07. The summed E-state index contributed by atoms with van der Waals surface area (Å²) in [5.74, 6) is 1.25. The van der Waals surface area contributed by atoms with Gasteiger partial charge in [0.2, 0.25) is 0 Å². The number of amides is 3. The lowest BCUT2D eigenvalue weighted by molar-refractivity contribution is -0.125. The Kier molecular flexibility index (Phi) is 7.00. The number of fused-ring (bicyclic) bond motifs is 1. The minimum Gasteiger partial charge on any atom is -0.494 e. The number of ether oxygens (including phenoxy) is 2. The van der Waals surface area contributed by atoms with Crippen LogP contribution in [-0.2, 0) is 4.79 Å². The first-order valence-electron chi connectivity index (χ1n) is 10.6. The van der Waals surface area contributed by atoms with Crippen LogP contribution in [0.5, 0.6) is 11.5 Å². The van der Waals surface area contributed by atoms with Crippen molar-refractivity contribution >= 4 is 40.6 Å². The van der Waals surface area contributed by atoms with E-state index < -0.39 is 12.1 Å². The minimum absolute atomic E-state index is 0.134. The average Bonchev–Trinajstić information content (AvgIpc) is 2.81. The maximum Gasteiger partial charge on any atom is 0.323 e. The van der Waals surface area contributed by atoms with Crippen LogP contribution in [0, 0.1) is 0 Å². The van der Waals surface area contributed by atoms with Crippen molar-refractivity contribution in [2.45, 2.75) is 19.4 Å². The van der Waals surface area contributed by atoms with Gasteiger partial charge in [0.05, 0.1) is 12.3 Å². The van der Waals surface area contributed by atoms with Crippen LogP contribution in [0.15, 0.2) is 72.8 Å². The summed E-state index contributed by atoms with van der Waals surface area (Å²) in [4.78, 5) is 26.9. The molecule has 2 N–H and O–H groups in total. The van der Waals surface area contributed by atoms with Crippen molar-refractivity contribution in [2.75, 3.05) is 28.7 Å². The van der Waals surface area contributed by atoms with Crippen LogP contribution in [0.3, 0.4) is 0 Å². The first-order valence-corrected chi connectivity index (χ1v) is 11.0. The van der Waals surface area contributed by atoms with Gasteiger partial charge in [-0.2, -0.15) is 0 Å². The number of urea groups is 1. The van der Waals surface area contributed by atoms with Crippen molar-refractivity contribution < 1.29 is 19.1 Å². The van der Waals surface area contributed by atoms with Crippen LogP contribution < -0.4 is 25.0 Å². The third kappa shape index (κ3) is 5.75. The van der Waals surface area contributed by atoms with Crippen LogP contribution in [0.1, 0.15) is 13.3 Å². The molecular formula is C25H24ClN3O4. The van der Waals surface area contributed by atoms with E-state index in [1.807, 2.05) is 30.3 Å². The van der Waals surface area contributed by atoms with Crippen LogP contribution >= 0.6 is 11.6 Å². The fourth-order valence-electron chi connectivity index (χ4n) is 3.47. The number of rotatable bonds is 7. The number of nitrogens with zero attached hydrogens (tertiary/aromatic N) is 1. The van der Waals surface area contributed by atoms with Crippen molar-refractivity contribution in [1.82, 2.24) is 0 Å². The van der Waals surface area contributed by atoms with Gasteiger partial charge in [-0.3, -0.25) is 4.79 Å². The lowest BCUT2D eigenvalue weighted by Crippen LogP contribution is -2.45. The number of carbonyl (C=O) groups excluding carboxylic acids is 2. The summed E-state index contributed by atoms with van der Waals surface area (Å²) in [6.45, 7) is 2.66. The van der Waals surface area contributed by atoms with Gasteiger partial charge in [0.1, 0.15) is 11.5 Å². The van der Waals surface area contributed by atoms with Gasteiger partial charge in [-0.15, -0.1) is 0 Å². The SMILES string of the molecule is CC1Oc2ccc(NC(=O)Nc3ccc(Cl)cc3)cc2N(CCCOc2ccccc2)C1=O. The van der Waals surface area contributed by atoms with Crippen LogP contribution in [0.2, 0.25) is 5.02 Å². The van der Waals surface area contributed by atoms with Crippen molar-refractivity contribution in [2.24, 2.45) is 0 Å². The summed E-state index contributed by atoms with van der Waals surface area (Å²) < 4.78 is 11.5. The summed E-state index contributed by atoms with van der Waals surface area (Å²) in [6.07, 6.45) is 0.0566. The van der Waals surface area contributed by atoms with Crippen LogP contribution in [0.4, 0.5) is 21.9 Å². The van der Waals surface area contributed by atoms with Crippen LogP contribution in [-0.4, -0.2) is 31.2 Å². The second kappa shape index (κ2) is 10.3. The van der Waals surface area contributed by atoms with E-state index in [-0.39, 0.29) is 5.91 Å². The molecule has 7 nitrogen and oxygen atoms in total. The van der Waals surface area contributed by atoms with E-state index in [0.717, 1.165) is 5.75 Å². The molecule has 0 bridgehead atoms. The Balaban J connectivity index is 1.41. The zero-order valence-electron chi connectivity index (χ0n) is 18.1. The molecule has 1 atom stereocenters. The number of hydrogen-bond acceptors (Lipinski definition) is 4. The molecule has 33 heavy (non-hydrogen) atoms. The predicted octanol–water partition coefficient (Wildman–Crippen LogP) is 5.57. The van der Waals surface area contributed by atoms with E-state index >= 15 is 0 Å². The molecule has 170 valence electrons. The molecule has 0 aliphatic carbocycles. The van der Waals surface area contributed by atoms with Crippen molar-refractivity contribution in [3.63, 3.8) is 0 Å². The van der Waals surface area contributed by atoms with Gasteiger partial charge in [-0.05, 0) is 67.9 Å². The fraction of sp³-hybridized carbons (Fsp3) is 0.200. The van der Waals surface area contributed by atoms with Gasteiger partial charge in [-0.25, -0.2) is 4.79 Å². The minimum atomic E-state index is -0.584. The maximum atomic E-state index is 12.8. The van der Waals surface area contributed by atoms with Crippen molar-refractivity contribution in [3.05, 3.63) is 77.8 Å². The van der Waals surface area contributed by atoms with E-state index in [9.17, 15) is 9.59 Å². The topological polar surface area (TPSA) is 79.9 Å². The Bertz CT molecular complexity index is 1120. The zero-order valence-corrected chi connectivity index (χ0v) is 18.8. The lowest BCUT2D eigenvalue weighted by Gasteiger charge is -2.33. The maximum absolute atomic E-state index is 12.8. The molecule has 0 aromatic heterocycles. The molecular weight excluding hydrogens is 442 g/mol. The smallest absolute Gasteiger partial charge is 0.323 e. The molecule has 1 unspecified atom stereocenters. The standard InChI is InChI=1S/C25H24ClN3O4/c1-17-24(30)29(14-5-15-32-21-6-3-2-4-7-21)22-16-20(12-13-23(22)33-17)28-25(31)27-19-10-8-18(26)9-11-19/h2-4,6-13,16-17H,5,14-15H2,1H3,(H2,27,28,31). The van der Waals surface area contributed by atoms with Crippen molar-refractivity contribution in [3.8, 4) is 11.5 Å². The average molecular weight is 466 g/mol. The number of para-hydroxylation sites is 1. The highest BCUT2D eigenvalue weighted by molar-refractivity contribution is 6.30. The number of benzene rings is 3. The Morgan fingerprint density at radius 2 is 1.73 bits per heavy atom. The lowest BCUT2D eigenvalue weighted by atomic mass is 10.1. The number of anilines is 3. The highest BCUT2D eigenvalue weighted by Crippen LogP contribution is 2.36. The van der Waals surface area contributed by atoms with Gasteiger partial charge in [0.25, 0.3) is 5.91 Å². The third-order valence-corrected chi connectivity index (χ3v) is 5.32. The Labute approximate surface area is 197 Å². The summed E-state index contributed by atoms with van der Waals surface area (Å²) in [6, 6.07) is 21.2. The zero-order chi connectivity index (χ0) is 23.2. The van der Waals surface area contributed by atoms with Gasteiger partial charge in [-0.1, -0.05) is 29.8 Å². The first kappa shape index (κ1) is 22.5. The normalized spacial score (nSPS) is 14.8. The van der Waals surface area contributed by atoms with E-state index in [4.69, 9.17) is 21.1 Å². The quantitative estimate of drug-likeness (QED) is 0.447. The van der Waals surface area contributed by atoms with Crippen LogP contribution in [0.25, 0.3) is 0 Å². The van der Waals surface area contributed by atoms with E-state index in [0.29, 0.717) is 47.4 Å². The van der Waals surface area contributed by atoms with Crippen molar-refractivity contribution in [1.29, 1.82) is 0 Å². The molecule has 3 aromatic carbocycles. The molecule has 0 radical (unpaired) electrons. The molecule has 1 aliphatic heterocycles. The number of halogens is 1. The van der Waals surface area contributed by atoms with Gasteiger partial charge < -0.3 is 25.0 Å². The molecule has 0 fully saturated rings. The number of hydrogen-bond donors (Lipinski definition) is 2. The summed E-state index contributed by atoms with van der Waals surface area (Å²) >= 11 is 5.88. The Morgan fingerprint density at radius 1 is 1.03 bits per heavy atom. The fourth-order valence-corrected chi connectivity index (χ4v) is 3.60. The summed E-state index contributed by atoms with van der Waals surface area (Å²) in [7, 11) is 0. The monoisotopic (exact) mass is 465 g/mol. The summed E-state index contributed by atoms with van der Waals surface area (Å²) in [5.41, 5.74) is 1.76. The predicted molar refractivity (Wildman–Crippen MR) is 130 cm³/mol. The molecule has 4 rings (SSSR count). The van der Waals surface area contributed by atoms with Gasteiger partial charge >= 0.3 is 6.03 Å². The second-order valence-electron chi connectivity index (χ2n) is 7.53. The number of carbonyl (C=O) groups is 2. The molecule has 0 saturated carbocycles. The molecule has 0 spiro atoms. The van der Waals surface area contributed by atoms with Gasteiger partial charge in [0, 0.05) is 22.9 Å². The van der Waals surface area contributed by atoms with E-state index in [2.05, 4.69) is 10.6 Å². The first-order chi connectivity index (χ1) is 16.0. The van der Waals surface area contributed by atoms with E-state index in [1.165, 1.54) is 0 Å². The largest absolute Gasteiger partial charge is 0.494 e. The Morgan fingerprint density at radius 3 is 2.48 bits per heavy atom. The molecule has 8 heteroatoms. The number of nitrogens with one attached hydrogen (secondary N) is 2. The highest BCUT2D eigenvalue weighted by atomic mass is 35.5. The highest BCUT2D eigenvalue weighted by Gasteiger charge is 2.31.